The molecule has 2 rings (SSSR count). The van der Waals surface area contributed by atoms with Crippen LogP contribution in [0.5, 0.6) is 5.75 Å². The van der Waals surface area contributed by atoms with Gasteiger partial charge in [0.25, 0.3) is 5.91 Å². The Kier molecular flexibility index (Phi) is 3.82. The summed E-state index contributed by atoms with van der Waals surface area (Å²) in [6.45, 7) is 0. The van der Waals surface area contributed by atoms with E-state index in [0.717, 1.165) is 4.68 Å². The number of aromatic hydroxyl groups is 1. The van der Waals surface area contributed by atoms with Crippen LogP contribution in [0.2, 0.25) is 5.02 Å². The van der Waals surface area contributed by atoms with Gasteiger partial charge in [-0.05, 0) is 18.2 Å². The molecule has 112 valence electrons. The van der Waals surface area contributed by atoms with Crippen LogP contribution in [0.1, 0.15) is 16.2 Å². The fourth-order valence-electron chi connectivity index (χ4n) is 1.61. The summed E-state index contributed by atoms with van der Waals surface area (Å²) in [6.07, 6.45) is -4.64. The zero-order valence-electron chi connectivity index (χ0n) is 10.6. The number of hydrogen-bond acceptors (Lipinski definition) is 3. The number of amides is 1. The molecule has 1 aromatic carbocycles. The molecule has 0 unspecified atom stereocenters. The number of aromatic nitrogens is 2. The van der Waals surface area contributed by atoms with E-state index in [1.54, 1.807) is 0 Å². The van der Waals surface area contributed by atoms with E-state index in [-0.39, 0.29) is 22.2 Å². The number of phenols is 1. The second-order valence-corrected chi connectivity index (χ2v) is 4.59. The third-order valence-corrected chi connectivity index (χ3v) is 2.84. The van der Waals surface area contributed by atoms with Crippen molar-refractivity contribution < 1.29 is 23.1 Å². The van der Waals surface area contributed by atoms with Gasteiger partial charge in [0, 0.05) is 18.1 Å². The first-order valence-corrected chi connectivity index (χ1v) is 5.97. The van der Waals surface area contributed by atoms with Gasteiger partial charge in [-0.25, -0.2) is 0 Å². The van der Waals surface area contributed by atoms with Crippen LogP contribution >= 0.6 is 11.6 Å². The van der Waals surface area contributed by atoms with Crippen LogP contribution in [-0.4, -0.2) is 20.8 Å². The topological polar surface area (TPSA) is 67.2 Å². The number of anilines is 1. The van der Waals surface area contributed by atoms with Crippen LogP contribution in [0, 0.1) is 0 Å². The van der Waals surface area contributed by atoms with E-state index in [1.807, 2.05) is 0 Å². The fourth-order valence-corrected chi connectivity index (χ4v) is 1.79. The predicted octanol–water partition coefficient (Wildman–Crippen LogP) is 3.05. The molecule has 1 aromatic heterocycles. The number of aryl methyl sites for hydroxylation is 1. The molecule has 0 aliphatic carbocycles. The molecule has 0 saturated heterocycles. The Hall–Kier alpha value is -2.22. The van der Waals surface area contributed by atoms with E-state index in [1.165, 1.54) is 25.2 Å². The van der Waals surface area contributed by atoms with Gasteiger partial charge in [0.2, 0.25) is 0 Å². The average Bonchev–Trinajstić information content (AvgIpc) is 2.76. The number of carbonyl (C=O) groups excluding carboxylic acids is 1. The summed E-state index contributed by atoms with van der Waals surface area (Å²) in [5.74, 6) is -1.11. The van der Waals surface area contributed by atoms with Crippen molar-refractivity contribution in [3.05, 3.63) is 40.7 Å². The Morgan fingerprint density at radius 3 is 2.62 bits per heavy atom. The molecule has 0 aliphatic heterocycles. The standard InChI is InChI=1S/C12H9ClF3N3O2/c1-19-8(5-10(18-19)12(14,15)16)11(21)17-7-4-6(13)2-3-9(7)20/h2-5,20H,1H3,(H,17,21). The minimum Gasteiger partial charge on any atom is -0.506 e. The molecule has 1 heterocycles. The minimum atomic E-state index is -4.64. The van der Waals surface area contributed by atoms with Crippen LogP contribution in [0.25, 0.3) is 0 Å². The van der Waals surface area contributed by atoms with E-state index >= 15 is 0 Å². The second kappa shape index (κ2) is 5.28. The highest BCUT2D eigenvalue weighted by Crippen LogP contribution is 2.30. The predicted molar refractivity (Wildman–Crippen MR) is 69.3 cm³/mol. The Morgan fingerprint density at radius 1 is 1.38 bits per heavy atom. The van der Waals surface area contributed by atoms with Crippen molar-refractivity contribution in [2.75, 3.05) is 5.32 Å². The lowest BCUT2D eigenvalue weighted by molar-refractivity contribution is -0.141. The molecular weight excluding hydrogens is 311 g/mol. The SMILES string of the molecule is Cn1nc(C(F)(F)F)cc1C(=O)Nc1cc(Cl)ccc1O. The Balaban J connectivity index is 2.29. The third kappa shape index (κ3) is 3.27. The van der Waals surface area contributed by atoms with Crippen LogP contribution < -0.4 is 5.32 Å². The monoisotopic (exact) mass is 319 g/mol. The van der Waals surface area contributed by atoms with E-state index < -0.39 is 17.8 Å². The zero-order valence-corrected chi connectivity index (χ0v) is 11.3. The van der Waals surface area contributed by atoms with Crippen molar-refractivity contribution in [2.45, 2.75) is 6.18 Å². The fraction of sp³-hybridized carbons (Fsp3) is 0.167. The van der Waals surface area contributed by atoms with Crippen molar-refractivity contribution in [1.82, 2.24) is 9.78 Å². The van der Waals surface area contributed by atoms with Crippen molar-refractivity contribution in [2.24, 2.45) is 7.05 Å². The number of hydrogen-bond donors (Lipinski definition) is 2. The van der Waals surface area contributed by atoms with Gasteiger partial charge in [-0.15, -0.1) is 0 Å². The maximum absolute atomic E-state index is 12.5. The molecule has 21 heavy (non-hydrogen) atoms. The normalized spacial score (nSPS) is 11.5. The molecule has 0 radical (unpaired) electrons. The number of phenolic OH excluding ortho intramolecular Hbond substituents is 1. The van der Waals surface area contributed by atoms with Crippen LogP contribution in [0.3, 0.4) is 0 Å². The van der Waals surface area contributed by atoms with Gasteiger partial charge in [-0.2, -0.15) is 18.3 Å². The first-order chi connectivity index (χ1) is 9.68. The van der Waals surface area contributed by atoms with Gasteiger partial charge in [-0.1, -0.05) is 11.6 Å². The number of halogens is 4. The number of carbonyl (C=O) groups is 1. The van der Waals surface area contributed by atoms with Gasteiger partial charge in [0.05, 0.1) is 5.69 Å². The molecule has 5 nitrogen and oxygen atoms in total. The molecule has 0 fully saturated rings. The van der Waals surface area contributed by atoms with Crippen LogP contribution in [-0.2, 0) is 13.2 Å². The lowest BCUT2D eigenvalue weighted by atomic mass is 10.2. The summed E-state index contributed by atoms with van der Waals surface area (Å²) in [7, 11) is 1.21. The first-order valence-electron chi connectivity index (χ1n) is 5.59. The summed E-state index contributed by atoms with van der Waals surface area (Å²) in [5.41, 5.74) is -1.49. The highest BCUT2D eigenvalue weighted by Gasteiger charge is 2.35. The Labute approximate surface area is 121 Å². The quantitative estimate of drug-likeness (QED) is 0.836. The smallest absolute Gasteiger partial charge is 0.435 e. The highest BCUT2D eigenvalue weighted by atomic mass is 35.5. The number of nitrogens with zero attached hydrogens (tertiary/aromatic N) is 2. The molecular formula is C12H9ClF3N3O2. The largest absolute Gasteiger partial charge is 0.506 e. The van der Waals surface area contributed by atoms with Crippen LogP contribution in [0.15, 0.2) is 24.3 Å². The van der Waals surface area contributed by atoms with Crippen molar-refractivity contribution in [3.8, 4) is 5.75 Å². The Morgan fingerprint density at radius 2 is 2.05 bits per heavy atom. The molecule has 2 N–H and O–H groups in total. The summed E-state index contributed by atoms with van der Waals surface area (Å²) < 4.78 is 38.4. The Bertz CT molecular complexity index is 698. The van der Waals surface area contributed by atoms with Crippen molar-refractivity contribution in [3.63, 3.8) is 0 Å². The molecule has 0 aliphatic rings. The van der Waals surface area contributed by atoms with Gasteiger partial charge in [0.1, 0.15) is 11.4 Å². The lowest BCUT2D eigenvalue weighted by Crippen LogP contribution is -2.16. The second-order valence-electron chi connectivity index (χ2n) is 4.15. The van der Waals surface area contributed by atoms with Gasteiger partial charge >= 0.3 is 6.18 Å². The van der Waals surface area contributed by atoms with E-state index in [0.29, 0.717) is 6.07 Å². The molecule has 2 aromatic rings. The summed E-state index contributed by atoms with van der Waals surface area (Å²) >= 11 is 5.71. The maximum Gasteiger partial charge on any atom is 0.435 e. The molecule has 0 bridgehead atoms. The zero-order chi connectivity index (χ0) is 15.8. The summed E-state index contributed by atoms with van der Waals surface area (Å²) in [4.78, 5) is 11.9. The first kappa shape index (κ1) is 15.2. The molecule has 1 amide bonds. The minimum absolute atomic E-state index is 0.0118. The number of rotatable bonds is 2. The number of alkyl halides is 3. The lowest BCUT2D eigenvalue weighted by Gasteiger charge is -2.07. The van der Waals surface area contributed by atoms with Gasteiger partial charge in [-0.3, -0.25) is 9.48 Å². The highest BCUT2D eigenvalue weighted by molar-refractivity contribution is 6.31. The van der Waals surface area contributed by atoms with Crippen molar-refractivity contribution >= 4 is 23.2 Å². The molecule has 0 atom stereocenters. The molecule has 0 saturated carbocycles. The van der Waals surface area contributed by atoms with E-state index in [4.69, 9.17) is 11.6 Å². The van der Waals surface area contributed by atoms with Gasteiger partial charge < -0.3 is 10.4 Å². The summed E-state index contributed by atoms with van der Waals surface area (Å²) in [5, 5.41) is 15.3. The number of nitrogens with one attached hydrogen (secondary N) is 1. The van der Waals surface area contributed by atoms with E-state index in [9.17, 15) is 23.1 Å². The molecule has 0 spiro atoms. The van der Waals surface area contributed by atoms with Crippen molar-refractivity contribution in [1.29, 1.82) is 0 Å². The maximum atomic E-state index is 12.5. The third-order valence-electron chi connectivity index (χ3n) is 2.61. The van der Waals surface area contributed by atoms with Gasteiger partial charge in [0.15, 0.2) is 5.69 Å². The molecule has 9 heteroatoms. The average molecular weight is 320 g/mol. The van der Waals surface area contributed by atoms with Crippen LogP contribution in [0.4, 0.5) is 18.9 Å². The van der Waals surface area contributed by atoms with E-state index in [2.05, 4.69) is 10.4 Å². The summed E-state index contributed by atoms with van der Waals surface area (Å²) in [6, 6.07) is 4.55. The number of benzene rings is 1.